The number of carbonyl (C=O) groups excluding carboxylic acids is 1. The highest BCUT2D eigenvalue weighted by molar-refractivity contribution is 5.85. The molecule has 1 aliphatic rings. The quantitative estimate of drug-likeness (QED) is 0.815. The molecule has 0 aromatic carbocycles. The predicted molar refractivity (Wildman–Crippen MR) is 62.3 cm³/mol. The fourth-order valence-corrected chi connectivity index (χ4v) is 2.31. The molecule has 0 spiro atoms. The van der Waals surface area contributed by atoms with Crippen LogP contribution in [-0.4, -0.2) is 27.2 Å². The molecule has 1 amide bonds. The zero-order valence-electron chi connectivity index (χ0n) is 9.87. The molecule has 6 heteroatoms. The Morgan fingerprint density at radius 3 is 2.83 bits per heavy atom. The summed E-state index contributed by atoms with van der Waals surface area (Å²) in [5.74, 6) is -2.05. The second kappa shape index (κ2) is 5.57. The van der Waals surface area contributed by atoms with Crippen LogP contribution in [0.15, 0.2) is 18.3 Å². The van der Waals surface area contributed by atoms with Crippen molar-refractivity contribution in [2.24, 2.45) is 11.8 Å². The maximum atomic E-state index is 11.9. The van der Waals surface area contributed by atoms with Gasteiger partial charge in [-0.05, 0) is 25.0 Å². The highest BCUT2D eigenvalue weighted by atomic mass is 16.4. The highest BCUT2D eigenvalue weighted by Gasteiger charge is 2.37. The molecule has 2 atom stereocenters. The first-order valence-electron chi connectivity index (χ1n) is 5.95. The summed E-state index contributed by atoms with van der Waals surface area (Å²) in [6.45, 7) is 0.287. The van der Waals surface area contributed by atoms with Gasteiger partial charge in [-0.25, -0.2) is 0 Å². The van der Waals surface area contributed by atoms with Crippen LogP contribution in [0.25, 0.3) is 0 Å². The fraction of sp³-hybridized carbons (Fsp3) is 0.500. The third kappa shape index (κ3) is 2.82. The summed E-state index contributed by atoms with van der Waals surface area (Å²) >= 11 is 0. The van der Waals surface area contributed by atoms with Gasteiger partial charge < -0.3 is 10.4 Å². The molecule has 1 aromatic heterocycles. The van der Waals surface area contributed by atoms with Crippen LogP contribution in [0.1, 0.15) is 25.0 Å². The average Bonchev–Trinajstić information content (AvgIpc) is 2.86. The Balaban J connectivity index is 1.90. The van der Waals surface area contributed by atoms with E-state index < -0.39 is 17.8 Å². The molecule has 1 fully saturated rings. The minimum absolute atomic E-state index is 0.203. The topological polar surface area (TPSA) is 92.2 Å². The van der Waals surface area contributed by atoms with Crippen LogP contribution in [0.3, 0.4) is 0 Å². The summed E-state index contributed by atoms with van der Waals surface area (Å²) in [5, 5.41) is 19.3. The Kier molecular flexibility index (Phi) is 3.86. The molecule has 0 radical (unpaired) electrons. The van der Waals surface area contributed by atoms with Gasteiger partial charge in [-0.2, -0.15) is 10.2 Å². The minimum Gasteiger partial charge on any atom is -0.481 e. The largest absolute Gasteiger partial charge is 0.481 e. The zero-order valence-corrected chi connectivity index (χ0v) is 9.87. The molecule has 18 heavy (non-hydrogen) atoms. The Morgan fingerprint density at radius 2 is 2.17 bits per heavy atom. The van der Waals surface area contributed by atoms with Crippen LogP contribution in [0.2, 0.25) is 0 Å². The third-order valence-corrected chi connectivity index (χ3v) is 3.24. The maximum absolute atomic E-state index is 11.9. The lowest BCUT2D eigenvalue weighted by molar-refractivity contribution is -0.146. The molecule has 0 aliphatic heterocycles. The summed E-state index contributed by atoms with van der Waals surface area (Å²) in [6.07, 6.45) is 3.57. The van der Waals surface area contributed by atoms with Crippen molar-refractivity contribution in [3.63, 3.8) is 0 Å². The molecule has 1 saturated carbocycles. The molecule has 0 saturated heterocycles. The van der Waals surface area contributed by atoms with E-state index in [1.807, 2.05) is 0 Å². The van der Waals surface area contributed by atoms with Crippen molar-refractivity contribution >= 4 is 11.9 Å². The number of carboxylic acid groups (broad SMARTS) is 1. The van der Waals surface area contributed by atoms with E-state index in [-0.39, 0.29) is 12.5 Å². The monoisotopic (exact) mass is 249 g/mol. The van der Waals surface area contributed by atoms with Gasteiger partial charge in [-0.1, -0.05) is 6.42 Å². The number of aromatic nitrogens is 2. The van der Waals surface area contributed by atoms with Crippen LogP contribution >= 0.6 is 0 Å². The van der Waals surface area contributed by atoms with Crippen LogP contribution in [0, 0.1) is 11.8 Å². The Bertz CT molecular complexity index is 435. The third-order valence-electron chi connectivity index (χ3n) is 3.24. The minimum atomic E-state index is -0.882. The van der Waals surface area contributed by atoms with Crippen molar-refractivity contribution in [1.29, 1.82) is 0 Å². The van der Waals surface area contributed by atoms with Gasteiger partial charge in [-0.3, -0.25) is 9.59 Å². The number of carboxylic acids is 1. The van der Waals surface area contributed by atoms with E-state index in [1.165, 1.54) is 0 Å². The van der Waals surface area contributed by atoms with Crippen molar-refractivity contribution in [2.45, 2.75) is 25.8 Å². The van der Waals surface area contributed by atoms with E-state index in [2.05, 4.69) is 15.5 Å². The lowest BCUT2D eigenvalue weighted by atomic mass is 9.95. The average molecular weight is 249 g/mol. The summed E-state index contributed by atoms with van der Waals surface area (Å²) in [4.78, 5) is 22.9. The van der Waals surface area contributed by atoms with Crippen molar-refractivity contribution in [2.75, 3.05) is 0 Å². The van der Waals surface area contributed by atoms with E-state index >= 15 is 0 Å². The van der Waals surface area contributed by atoms with E-state index in [9.17, 15) is 9.59 Å². The lowest BCUT2D eigenvalue weighted by Gasteiger charge is -2.15. The van der Waals surface area contributed by atoms with E-state index in [1.54, 1.807) is 18.3 Å². The second-order valence-electron chi connectivity index (χ2n) is 4.41. The molecular weight excluding hydrogens is 234 g/mol. The first kappa shape index (κ1) is 12.5. The molecule has 1 heterocycles. The number of nitrogens with one attached hydrogen (secondary N) is 1. The first-order valence-corrected chi connectivity index (χ1v) is 5.95. The summed E-state index contributed by atoms with van der Waals surface area (Å²) in [7, 11) is 0. The SMILES string of the molecule is O=C(O)C1CCCC1C(=O)NCc1cccnn1. The Hall–Kier alpha value is -1.98. The summed E-state index contributed by atoms with van der Waals surface area (Å²) in [5.41, 5.74) is 0.663. The lowest BCUT2D eigenvalue weighted by Crippen LogP contribution is -2.35. The van der Waals surface area contributed by atoms with Gasteiger partial charge >= 0.3 is 5.97 Å². The molecule has 2 rings (SSSR count). The Morgan fingerprint density at radius 1 is 1.39 bits per heavy atom. The number of aliphatic carboxylic acids is 1. The molecule has 1 aliphatic carbocycles. The molecule has 6 nitrogen and oxygen atoms in total. The van der Waals surface area contributed by atoms with Crippen LogP contribution in [0.4, 0.5) is 0 Å². The zero-order chi connectivity index (χ0) is 13.0. The van der Waals surface area contributed by atoms with Gasteiger partial charge in [0.15, 0.2) is 0 Å². The van der Waals surface area contributed by atoms with Gasteiger partial charge in [0.05, 0.1) is 24.1 Å². The number of hydrogen-bond acceptors (Lipinski definition) is 4. The van der Waals surface area contributed by atoms with Gasteiger partial charge in [0, 0.05) is 6.20 Å². The van der Waals surface area contributed by atoms with E-state index in [4.69, 9.17) is 5.11 Å². The molecule has 2 unspecified atom stereocenters. The Labute approximate surface area is 104 Å². The number of hydrogen-bond donors (Lipinski definition) is 2. The first-order chi connectivity index (χ1) is 8.68. The molecule has 0 bridgehead atoms. The number of nitrogens with zero attached hydrogens (tertiary/aromatic N) is 2. The van der Waals surface area contributed by atoms with Gasteiger partial charge in [-0.15, -0.1) is 0 Å². The van der Waals surface area contributed by atoms with Gasteiger partial charge in [0.2, 0.25) is 5.91 Å². The van der Waals surface area contributed by atoms with Crippen molar-refractivity contribution < 1.29 is 14.7 Å². The van der Waals surface area contributed by atoms with Gasteiger partial charge in [0.25, 0.3) is 0 Å². The smallest absolute Gasteiger partial charge is 0.307 e. The van der Waals surface area contributed by atoms with Crippen LogP contribution < -0.4 is 5.32 Å². The molecular formula is C12H15N3O3. The molecule has 2 N–H and O–H groups in total. The number of rotatable bonds is 4. The normalized spacial score (nSPS) is 22.7. The summed E-state index contributed by atoms with van der Waals surface area (Å²) < 4.78 is 0. The van der Waals surface area contributed by atoms with Crippen molar-refractivity contribution in [3.05, 3.63) is 24.0 Å². The van der Waals surface area contributed by atoms with E-state index in [0.29, 0.717) is 18.5 Å². The molecule has 96 valence electrons. The number of amides is 1. The highest BCUT2D eigenvalue weighted by Crippen LogP contribution is 2.31. The standard InChI is InChI=1S/C12H15N3O3/c16-11(9-4-1-5-10(9)12(17)18)13-7-8-3-2-6-14-15-8/h2-3,6,9-10H,1,4-5,7H2,(H,13,16)(H,17,18). The second-order valence-corrected chi connectivity index (χ2v) is 4.41. The van der Waals surface area contributed by atoms with Gasteiger partial charge in [0.1, 0.15) is 0 Å². The predicted octanol–water partition coefficient (Wildman–Crippen LogP) is 0.594. The van der Waals surface area contributed by atoms with Crippen molar-refractivity contribution in [1.82, 2.24) is 15.5 Å². The molecule has 1 aromatic rings. The van der Waals surface area contributed by atoms with E-state index in [0.717, 1.165) is 6.42 Å². The van der Waals surface area contributed by atoms with Crippen LogP contribution in [-0.2, 0) is 16.1 Å². The summed E-state index contributed by atoms with van der Waals surface area (Å²) in [6, 6.07) is 3.50. The van der Waals surface area contributed by atoms with Crippen molar-refractivity contribution in [3.8, 4) is 0 Å². The number of carbonyl (C=O) groups is 2. The fourth-order valence-electron chi connectivity index (χ4n) is 2.31. The van der Waals surface area contributed by atoms with Crippen LogP contribution in [0.5, 0.6) is 0 Å². The maximum Gasteiger partial charge on any atom is 0.307 e.